The quantitative estimate of drug-likeness (QED) is 0.830. The van der Waals surface area contributed by atoms with Crippen molar-refractivity contribution < 1.29 is 0 Å². The summed E-state index contributed by atoms with van der Waals surface area (Å²) in [5.74, 6) is 0. The van der Waals surface area contributed by atoms with Crippen molar-refractivity contribution >= 4 is 5.69 Å². The van der Waals surface area contributed by atoms with E-state index in [0.29, 0.717) is 0 Å². The third-order valence-corrected chi connectivity index (χ3v) is 2.56. The first-order valence-electron chi connectivity index (χ1n) is 6.11. The summed E-state index contributed by atoms with van der Waals surface area (Å²) in [7, 11) is 0. The zero-order valence-electron chi connectivity index (χ0n) is 10.3. The second-order valence-corrected chi connectivity index (χ2v) is 3.97. The van der Waals surface area contributed by atoms with Gasteiger partial charge in [-0.2, -0.15) is 0 Å². The van der Waals surface area contributed by atoms with Crippen molar-refractivity contribution in [3.05, 3.63) is 90.5 Å². The Bertz CT molecular complexity index is 494. The van der Waals surface area contributed by atoms with Crippen LogP contribution in [-0.2, 0) is 6.54 Å². The molecule has 0 fully saturated rings. The number of rotatable bonds is 3. The zero-order valence-corrected chi connectivity index (χ0v) is 10.3. The Kier molecular flexibility index (Phi) is 4.82. The van der Waals surface area contributed by atoms with Crippen molar-refractivity contribution in [1.29, 1.82) is 0 Å². The van der Waals surface area contributed by atoms with E-state index in [1.807, 2.05) is 48.5 Å². The van der Waals surface area contributed by atoms with Crippen molar-refractivity contribution in [2.45, 2.75) is 6.54 Å². The van der Waals surface area contributed by atoms with E-state index in [1.54, 1.807) is 0 Å². The maximum absolute atomic E-state index is 3.42. The lowest BCUT2D eigenvalue weighted by Crippen LogP contribution is -1.97. The second kappa shape index (κ2) is 7.13. The maximum Gasteiger partial charge on any atom is 0.0400 e. The number of benzene rings is 1. The summed E-state index contributed by atoms with van der Waals surface area (Å²) in [5, 5.41) is 3.42. The van der Waals surface area contributed by atoms with Gasteiger partial charge < -0.3 is 5.32 Å². The molecule has 0 aliphatic carbocycles. The minimum Gasteiger partial charge on any atom is -0.381 e. The third-order valence-electron chi connectivity index (χ3n) is 2.56. The Hall–Kier alpha value is -2.28. The highest BCUT2D eigenvalue weighted by Crippen LogP contribution is 2.06. The number of nitrogens with one attached hydrogen (secondary N) is 1. The van der Waals surface area contributed by atoms with Crippen LogP contribution in [0.2, 0.25) is 0 Å². The van der Waals surface area contributed by atoms with Gasteiger partial charge in [-0.15, -0.1) is 0 Å². The third kappa shape index (κ3) is 4.30. The molecule has 90 valence electrons. The molecule has 0 atom stereocenters. The van der Waals surface area contributed by atoms with Crippen LogP contribution in [0, 0.1) is 0 Å². The van der Waals surface area contributed by atoms with Gasteiger partial charge in [0.2, 0.25) is 0 Å². The highest BCUT2D eigenvalue weighted by Gasteiger charge is 1.90. The van der Waals surface area contributed by atoms with Crippen molar-refractivity contribution in [3.8, 4) is 0 Å². The smallest absolute Gasteiger partial charge is 0.0400 e. The van der Waals surface area contributed by atoms with Gasteiger partial charge in [-0.3, -0.25) is 0 Å². The van der Waals surface area contributed by atoms with Crippen LogP contribution in [0.1, 0.15) is 5.56 Å². The highest BCUT2D eigenvalue weighted by atomic mass is 14.9. The van der Waals surface area contributed by atoms with Crippen LogP contribution in [0.3, 0.4) is 0 Å². The first kappa shape index (κ1) is 12.2. The van der Waals surface area contributed by atoms with Gasteiger partial charge in [0.15, 0.2) is 0 Å². The molecule has 1 N–H and O–H groups in total. The molecule has 0 bridgehead atoms. The molecule has 0 amide bonds. The Morgan fingerprint density at radius 3 is 1.61 bits per heavy atom. The molecule has 0 aliphatic rings. The number of anilines is 1. The summed E-state index contributed by atoms with van der Waals surface area (Å²) in [5.41, 5.74) is 2.39. The summed E-state index contributed by atoms with van der Waals surface area (Å²) in [6, 6.07) is 28.7. The zero-order chi connectivity index (χ0) is 12.5. The molecule has 1 heteroatoms. The molecule has 0 heterocycles. The van der Waals surface area contributed by atoms with Gasteiger partial charge in [0.25, 0.3) is 0 Å². The highest BCUT2D eigenvalue weighted by molar-refractivity contribution is 5.41. The molecule has 0 aromatic heterocycles. The lowest BCUT2D eigenvalue weighted by atomic mass is 10.2. The molecule has 0 radical (unpaired) electrons. The molecule has 0 aliphatic heterocycles. The van der Waals surface area contributed by atoms with Crippen LogP contribution in [0.4, 0.5) is 5.69 Å². The molecule has 1 nitrogen and oxygen atoms in total. The van der Waals surface area contributed by atoms with Crippen LogP contribution >= 0.6 is 0 Å². The van der Waals surface area contributed by atoms with Gasteiger partial charge in [-0.25, -0.2) is 0 Å². The Labute approximate surface area is 108 Å². The van der Waals surface area contributed by atoms with Crippen LogP contribution in [0.15, 0.2) is 84.9 Å². The van der Waals surface area contributed by atoms with Crippen LogP contribution < -0.4 is 5.32 Å². The molecule has 0 saturated carbocycles. The van der Waals surface area contributed by atoms with E-state index < -0.39 is 0 Å². The minimum atomic E-state index is 0.838. The number of hydrogen-bond acceptors (Lipinski definition) is 1. The summed E-state index contributed by atoms with van der Waals surface area (Å²) < 4.78 is 0. The van der Waals surface area contributed by atoms with Crippen molar-refractivity contribution in [2.24, 2.45) is 0 Å². The molecule has 2 aromatic carbocycles. The van der Waals surface area contributed by atoms with Crippen molar-refractivity contribution in [3.63, 3.8) is 0 Å². The monoisotopic (exact) mass is 235 g/mol. The van der Waals surface area contributed by atoms with E-state index in [-0.39, 0.29) is 0 Å². The maximum atomic E-state index is 3.42. The van der Waals surface area contributed by atoms with E-state index in [0.717, 1.165) is 12.2 Å². The lowest BCUT2D eigenvalue weighted by Gasteiger charge is -2.04. The standard InChI is InChI=1S/C17H17N/c1-2-4-9-13-17(14-10-5-3-1)18-15-16-11-7-6-8-12-16/h1-14,18H,15H2. The summed E-state index contributed by atoms with van der Waals surface area (Å²) >= 11 is 0. The minimum absolute atomic E-state index is 0.838. The molecule has 18 heavy (non-hydrogen) atoms. The summed E-state index contributed by atoms with van der Waals surface area (Å²) in [6.45, 7) is 0.838. The second-order valence-electron chi connectivity index (χ2n) is 3.97. The molecular weight excluding hydrogens is 218 g/mol. The number of hydrogen-bond donors (Lipinski definition) is 1. The van der Waals surface area contributed by atoms with Crippen LogP contribution in [0.5, 0.6) is 0 Å². The topological polar surface area (TPSA) is 12.0 Å². The van der Waals surface area contributed by atoms with Gasteiger partial charge in [-0.1, -0.05) is 72.8 Å². The molecule has 0 unspecified atom stereocenters. The normalized spacial score (nSPS) is 9.33. The Morgan fingerprint density at radius 2 is 1.00 bits per heavy atom. The Morgan fingerprint density at radius 1 is 0.556 bits per heavy atom. The predicted molar refractivity (Wildman–Crippen MR) is 77.8 cm³/mol. The van der Waals surface area contributed by atoms with E-state index >= 15 is 0 Å². The summed E-state index contributed by atoms with van der Waals surface area (Å²) in [4.78, 5) is 0. The van der Waals surface area contributed by atoms with Crippen molar-refractivity contribution in [2.75, 3.05) is 5.32 Å². The van der Waals surface area contributed by atoms with Gasteiger partial charge in [0, 0.05) is 12.2 Å². The summed E-state index contributed by atoms with van der Waals surface area (Å²) in [6.07, 6.45) is 0. The average molecular weight is 235 g/mol. The largest absolute Gasteiger partial charge is 0.381 e. The van der Waals surface area contributed by atoms with Crippen molar-refractivity contribution in [1.82, 2.24) is 0 Å². The molecule has 0 saturated heterocycles. The fraction of sp³-hybridized carbons (Fsp3) is 0.0588. The van der Waals surface area contributed by atoms with E-state index in [2.05, 4.69) is 41.7 Å². The van der Waals surface area contributed by atoms with E-state index in [4.69, 9.17) is 0 Å². The van der Waals surface area contributed by atoms with Gasteiger partial charge in [0.05, 0.1) is 0 Å². The molecule has 0 spiro atoms. The van der Waals surface area contributed by atoms with Crippen LogP contribution in [-0.4, -0.2) is 0 Å². The first-order valence-corrected chi connectivity index (χ1v) is 6.11. The first-order chi connectivity index (χ1) is 8.95. The van der Waals surface area contributed by atoms with E-state index in [1.165, 1.54) is 5.56 Å². The van der Waals surface area contributed by atoms with Gasteiger partial charge in [-0.05, 0) is 17.7 Å². The van der Waals surface area contributed by atoms with Crippen LogP contribution in [0.25, 0.3) is 0 Å². The predicted octanol–water partition coefficient (Wildman–Crippen LogP) is 4.42. The van der Waals surface area contributed by atoms with Gasteiger partial charge in [0.1, 0.15) is 0 Å². The fourth-order valence-electron chi connectivity index (χ4n) is 1.61. The fourth-order valence-corrected chi connectivity index (χ4v) is 1.61. The van der Waals surface area contributed by atoms with E-state index in [9.17, 15) is 0 Å². The van der Waals surface area contributed by atoms with Gasteiger partial charge >= 0.3 is 0 Å². The SMILES string of the molecule is c1ccccc(NCc2ccccc2)cccc1. The average Bonchev–Trinajstić information content (AvgIpc) is 2.44. The molecule has 2 aromatic rings. The molecule has 2 rings (SSSR count). The lowest BCUT2D eigenvalue weighted by molar-refractivity contribution is 1.15. The molecular formula is C17H17N. The Balaban J connectivity index is 2.10.